The van der Waals surface area contributed by atoms with Crippen molar-refractivity contribution in [3.8, 4) is 0 Å². The summed E-state index contributed by atoms with van der Waals surface area (Å²) in [5.41, 5.74) is 5.57. The van der Waals surface area contributed by atoms with Crippen LogP contribution in [0.15, 0.2) is 24.3 Å². The summed E-state index contributed by atoms with van der Waals surface area (Å²) in [6.07, 6.45) is 1.16. The van der Waals surface area contributed by atoms with Crippen LogP contribution < -0.4 is 5.73 Å². The average molecular weight is 256 g/mol. The second-order valence-electron chi connectivity index (χ2n) is 4.83. The Kier molecular flexibility index (Phi) is 4.54. The standard InChI is InChI=1S/C13H18ClNO2/c1-9(8-13(2,15)12(16)17)7-10-5-3-4-6-11(10)14/h3-6,9H,7-8,15H2,1-2H3,(H,16,17). The molecule has 17 heavy (non-hydrogen) atoms. The summed E-state index contributed by atoms with van der Waals surface area (Å²) in [6.45, 7) is 3.52. The van der Waals surface area contributed by atoms with Crippen molar-refractivity contribution < 1.29 is 9.90 Å². The van der Waals surface area contributed by atoms with Crippen molar-refractivity contribution >= 4 is 17.6 Å². The number of carboxylic acids is 1. The van der Waals surface area contributed by atoms with E-state index in [1.165, 1.54) is 0 Å². The van der Waals surface area contributed by atoms with Gasteiger partial charge in [0.1, 0.15) is 5.54 Å². The number of hydrogen-bond donors (Lipinski definition) is 2. The first kappa shape index (κ1) is 14.0. The number of halogens is 1. The van der Waals surface area contributed by atoms with Crippen molar-refractivity contribution in [1.29, 1.82) is 0 Å². The monoisotopic (exact) mass is 255 g/mol. The first-order chi connectivity index (χ1) is 7.83. The van der Waals surface area contributed by atoms with Gasteiger partial charge in [-0.2, -0.15) is 0 Å². The summed E-state index contributed by atoms with van der Waals surface area (Å²) >= 11 is 6.05. The topological polar surface area (TPSA) is 63.3 Å². The molecule has 0 radical (unpaired) electrons. The highest BCUT2D eigenvalue weighted by atomic mass is 35.5. The third-order valence-electron chi connectivity index (χ3n) is 2.79. The Morgan fingerprint density at radius 2 is 2.12 bits per heavy atom. The van der Waals surface area contributed by atoms with E-state index < -0.39 is 11.5 Å². The quantitative estimate of drug-likeness (QED) is 0.850. The Balaban J connectivity index is 2.65. The van der Waals surface area contributed by atoms with E-state index >= 15 is 0 Å². The maximum atomic E-state index is 10.9. The van der Waals surface area contributed by atoms with Gasteiger partial charge in [-0.15, -0.1) is 0 Å². The van der Waals surface area contributed by atoms with Crippen molar-refractivity contribution in [3.05, 3.63) is 34.9 Å². The largest absolute Gasteiger partial charge is 0.480 e. The molecule has 2 unspecified atom stereocenters. The molecule has 2 atom stereocenters. The lowest BCUT2D eigenvalue weighted by Crippen LogP contribution is -2.46. The van der Waals surface area contributed by atoms with Crippen molar-refractivity contribution in [2.45, 2.75) is 32.2 Å². The van der Waals surface area contributed by atoms with Crippen molar-refractivity contribution in [3.63, 3.8) is 0 Å². The van der Waals surface area contributed by atoms with Gasteiger partial charge in [-0.1, -0.05) is 36.7 Å². The van der Waals surface area contributed by atoms with Crippen LogP contribution in [0.3, 0.4) is 0 Å². The van der Waals surface area contributed by atoms with Crippen LogP contribution in [0.1, 0.15) is 25.8 Å². The first-order valence-electron chi connectivity index (χ1n) is 5.58. The van der Waals surface area contributed by atoms with Gasteiger partial charge in [0.15, 0.2) is 0 Å². The van der Waals surface area contributed by atoms with E-state index in [-0.39, 0.29) is 5.92 Å². The third-order valence-corrected chi connectivity index (χ3v) is 3.16. The maximum absolute atomic E-state index is 10.9. The van der Waals surface area contributed by atoms with Gasteiger partial charge in [0, 0.05) is 5.02 Å². The average Bonchev–Trinajstić information content (AvgIpc) is 2.20. The van der Waals surface area contributed by atoms with Crippen LogP contribution in [0, 0.1) is 5.92 Å². The second kappa shape index (κ2) is 5.52. The van der Waals surface area contributed by atoms with Gasteiger partial charge in [0.2, 0.25) is 0 Å². The molecular weight excluding hydrogens is 238 g/mol. The zero-order chi connectivity index (χ0) is 13.1. The summed E-state index contributed by atoms with van der Waals surface area (Å²) in [6, 6.07) is 7.59. The minimum absolute atomic E-state index is 0.168. The molecule has 0 bridgehead atoms. The molecule has 0 aliphatic heterocycles. The number of hydrogen-bond acceptors (Lipinski definition) is 2. The number of carbonyl (C=O) groups is 1. The smallest absolute Gasteiger partial charge is 0.323 e. The molecule has 0 saturated heterocycles. The number of aliphatic carboxylic acids is 1. The van der Waals surface area contributed by atoms with Crippen molar-refractivity contribution in [2.75, 3.05) is 0 Å². The lowest BCUT2D eigenvalue weighted by Gasteiger charge is -2.23. The van der Waals surface area contributed by atoms with Crippen molar-refractivity contribution in [1.82, 2.24) is 0 Å². The number of benzene rings is 1. The highest BCUT2D eigenvalue weighted by Crippen LogP contribution is 2.23. The van der Waals surface area contributed by atoms with Gasteiger partial charge in [-0.05, 0) is 37.3 Å². The van der Waals surface area contributed by atoms with Gasteiger partial charge in [-0.3, -0.25) is 4.79 Å². The molecule has 0 amide bonds. The Labute approximate surface area is 107 Å². The van der Waals surface area contributed by atoms with Gasteiger partial charge in [0.25, 0.3) is 0 Å². The van der Waals surface area contributed by atoms with Gasteiger partial charge >= 0.3 is 5.97 Å². The van der Waals surface area contributed by atoms with E-state index in [0.29, 0.717) is 11.4 Å². The van der Waals surface area contributed by atoms with Gasteiger partial charge < -0.3 is 10.8 Å². The minimum atomic E-state index is -1.18. The molecule has 0 heterocycles. The van der Waals surface area contributed by atoms with E-state index in [1.54, 1.807) is 6.92 Å². The predicted octanol–water partition coefficient (Wildman–Crippen LogP) is 2.71. The molecule has 3 N–H and O–H groups in total. The van der Waals surface area contributed by atoms with Gasteiger partial charge in [-0.25, -0.2) is 0 Å². The summed E-state index contributed by atoms with van der Waals surface area (Å²) in [7, 11) is 0. The third kappa shape index (κ3) is 4.02. The molecule has 94 valence electrons. The first-order valence-corrected chi connectivity index (χ1v) is 5.96. The zero-order valence-corrected chi connectivity index (χ0v) is 10.9. The molecule has 0 spiro atoms. The fraction of sp³-hybridized carbons (Fsp3) is 0.462. The van der Waals surface area contributed by atoms with Crippen LogP contribution in [-0.4, -0.2) is 16.6 Å². The van der Waals surface area contributed by atoms with Crippen LogP contribution in [0.4, 0.5) is 0 Å². The highest BCUT2D eigenvalue weighted by molar-refractivity contribution is 6.31. The lowest BCUT2D eigenvalue weighted by atomic mass is 9.87. The van der Waals surface area contributed by atoms with E-state index in [0.717, 1.165) is 12.0 Å². The number of nitrogens with two attached hydrogens (primary N) is 1. The minimum Gasteiger partial charge on any atom is -0.480 e. The van der Waals surface area contributed by atoms with Crippen LogP contribution >= 0.6 is 11.6 Å². The fourth-order valence-corrected chi connectivity index (χ4v) is 2.14. The summed E-state index contributed by atoms with van der Waals surface area (Å²) in [4.78, 5) is 10.9. The Bertz CT molecular complexity index is 404. The zero-order valence-electron chi connectivity index (χ0n) is 10.1. The second-order valence-corrected chi connectivity index (χ2v) is 5.23. The SMILES string of the molecule is CC(Cc1ccccc1Cl)CC(C)(N)C(=O)O. The van der Waals surface area contributed by atoms with Crippen molar-refractivity contribution in [2.24, 2.45) is 11.7 Å². The number of carboxylic acid groups (broad SMARTS) is 1. The predicted molar refractivity (Wildman–Crippen MR) is 69.2 cm³/mol. The van der Waals surface area contributed by atoms with E-state index in [4.69, 9.17) is 22.4 Å². The van der Waals surface area contributed by atoms with Crippen LogP contribution in [0.5, 0.6) is 0 Å². The fourth-order valence-electron chi connectivity index (χ4n) is 1.92. The lowest BCUT2D eigenvalue weighted by molar-refractivity contribution is -0.143. The molecule has 1 rings (SSSR count). The summed E-state index contributed by atoms with van der Waals surface area (Å²) in [5, 5.41) is 9.68. The summed E-state index contributed by atoms with van der Waals surface area (Å²) < 4.78 is 0. The molecule has 0 aliphatic carbocycles. The summed E-state index contributed by atoms with van der Waals surface area (Å²) in [5.74, 6) is -0.801. The van der Waals surface area contributed by atoms with Crippen LogP contribution in [0.2, 0.25) is 5.02 Å². The maximum Gasteiger partial charge on any atom is 0.323 e. The molecule has 0 aliphatic rings. The van der Waals surface area contributed by atoms with Gasteiger partial charge in [0.05, 0.1) is 0 Å². The normalized spacial score (nSPS) is 16.2. The molecule has 0 fully saturated rings. The van der Waals surface area contributed by atoms with E-state index in [9.17, 15) is 4.79 Å². The van der Waals surface area contributed by atoms with E-state index in [2.05, 4.69) is 0 Å². The molecule has 0 aromatic heterocycles. The van der Waals surface area contributed by atoms with E-state index in [1.807, 2.05) is 31.2 Å². The Hall–Kier alpha value is -1.06. The molecular formula is C13H18ClNO2. The highest BCUT2D eigenvalue weighted by Gasteiger charge is 2.29. The molecule has 0 saturated carbocycles. The molecule has 3 nitrogen and oxygen atoms in total. The van der Waals surface area contributed by atoms with Crippen LogP contribution in [0.25, 0.3) is 0 Å². The Morgan fingerprint density at radius 1 is 1.53 bits per heavy atom. The van der Waals surface area contributed by atoms with Crippen LogP contribution in [-0.2, 0) is 11.2 Å². The Morgan fingerprint density at radius 3 is 2.65 bits per heavy atom. The number of rotatable bonds is 5. The molecule has 1 aromatic rings. The molecule has 1 aromatic carbocycles. The molecule has 4 heteroatoms.